The van der Waals surface area contributed by atoms with E-state index in [1.54, 1.807) is 20.0 Å². The van der Waals surface area contributed by atoms with Gasteiger partial charge in [0.25, 0.3) is 5.91 Å². The van der Waals surface area contributed by atoms with Gasteiger partial charge in [-0.2, -0.15) is 0 Å². The number of likely N-dealkylation sites (N-methyl/N-ethyl adjacent to an activating group) is 1. The quantitative estimate of drug-likeness (QED) is 0.936. The lowest BCUT2D eigenvalue weighted by molar-refractivity contribution is -0.139. The lowest BCUT2D eigenvalue weighted by atomic mass is 10.1. The molecule has 112 valence electrons. The van der Waals surface area contributed by atoms with Gasteiger partial charge >= 0.3 is 0 Å². The smallest absolute Gasteiger partial charge is 0.256 e. The van der Waals surface area contributed by atoms with Gasteiger partial charge in [-0.05, 0) is 30.7 Å². The Labute approximate surface area is 132 Å². The van der Waals surface area contributed by atoms with Crippen molar-refractivity contribution in [3.05, 3.63) is 51.3 Å². The molecular weight excluding hydrogens is 315 g/mol. The Hall–Kier alpha value is -1.56. The van der Waals surface area contributed by atoms with E-state index in [0.717, 1.165) is 0 Å². The summed E-state index contributed by atoms with van der Waals surface area (Å²) in [5.74, 6) is 0.182. The Morgan fingerprint density at radius 1 is 1.33 bits per heavy atom. The molecule has 0 radical (unpaired) electrons. The molecule has 0 spiro atoms. The van der Waals surface area contributed by atoms with Crippen molar-refractivity contribution < 1.29 is 14.4 Å². The first-order chi connectivity index (χ1) is 9.86. The topological polar surface area (TPSA) is 66.6 Å². The zero-order chi connectivity index (χ0) is 15.6. The molecule has 2 rings (SSSR count). The first-order valence-electron chi connectivity index (χ1n) is 6.18. The van der Waals surface area contributed by atoms with E-state index in [1.807, 2.05) is 0 Å². The molecule has 5 nitrogen and oxygen atoms in total. The molecule has 0 fully saturated rings. The number of carbonyl (C=O) groups is 1. The summed E-state index contributed by atoms with van der Waals surface area (Å²) in [6.45, 7) is 2.00. The third kappa shape index (κ3) is 3.97. The summed E-state index contributed by atoms with van der Waals surface area (Å²) in [6, 6.07) is 6.27. The van der Waals surface area contributed by atoms with E-state index in [-0.39, 0.29) is 6.54 Å². The van der Waals surface area contributed by atoms with Gasteiger partial charge in [-0.3, -0.25) is 4.79 Å². The molecular formula is C14H14Cl2N2O3. The van der Waals surface area contributed by atoms with Gasteiger partial charge in [0.05, 0.1) is 6.54 Å². The molecule has 0 saturated heterocycles. The second-order valence-corrected chi connectivity index (χ2v) is 5.60. The normalized spacial score (nSPS) is 12.2. The highest BCUT2D eigenvalue weighted by molar-refractivity contribution is 6.34. The van der Waals surface area contributed by atoms with Crippen LogP contribution in [0.1, 0.15) is 23.1 Å². The molecule has 7 heteroatoms. The van der Waals surface area contributed by atoms with Crippen molar-refractivity contribution in [1.29, 1.82) is 0 Å². The fraction of sp³-hybridized carbons (Fsp3) is 0.286. The van der Waals surface area contributed by atoms with Gasteiger partial charge in [-0.1, -0.05) is 28.4 Å². The molecule has 1 unspecified atom stereocenters. The summed E-state index contributed by atoms with van der Waals surface area (Å²) in [7, 11) is 1.57. The number of nitrogens with zero attached hydrogens (tertiary/aromatic N) is 2. The number of benzene rings is 1. The number of aliphatic hydroxyl groups is 1. The Bertz CT molecular complexity index is 637. The van der Waals surface area contributed by atoms with Crippen LogP contribution in [-0.4, -0.2) is 28.1 Å². The molecule has 1 amide bonds. The van der Waals surface area contributed by atoms with Crippen LogP contribution in [-0.2, 0) is 11.3 Å². The minimum absolute atomic E-state index is 0.238. The molecule has 0 aliphatic carbocycles. The monoisotopic (exact) mass is 328 g/mol. The number of aliphatic hydroxyl groups excluding tert-OH is 1. The Morgan fingerprint density at radius 2 is 1.95 bits per heavy atom. The predicted octanol–water partition coefficient (Wildman–Crippen LogP) is 2.98. The number of aromatic nitrogens is 1. The molecule has 1 N–H and O–H groups in total. The van der Waals surface area contributed by atoms with Crippen molar-refractivity contribution in [2.45, 2.75) is 19.6 Å². The van der Waals surface area contributed by atoms with Crippen LogP contribution in [0.5, 0.6) is 0 Å². The van der Waals surface area contributed by atoms with E-state index >= 15 is 0 Å². The van der Waals surface area contributed by atoms with Gasteiger partial charge in [0, 0.05) is 23.2 Å². The number of halogens is 2. The van der Waals surface area contributed by atoms with Gasteiger partial charge in [-0.15, -0.1) is 0 Å². The highest BCUT2D eigenvalue weighted by Gasteiger charge is 2.22. The molecule has 1 heterocycles. The first kappa shape index (κ1) is 15.8. The highest BCUT2D eigenvalue weighted by atomic mass is 35.5. The van der Waals surface area contributed by atoms with Crippen molar-refractivity contribution in [2.24, 2.45) is 0 Å². The molecule has 0 aliphatic heterocycles. The average molecular weight is 329 g/mol. The number of hydrogen-bond donors (Lipinski definition) is 1. The highest BCUT2D eigenvalue weighted by Crippen LogP contribution is 2.24. The minimum atomic E-state index is -1.33. The third-order valence-electron chi connectivity index (χ3n) is 2.89. The van der Waals surface area contributed by atoms with Crippen molar-refractivity contribution in [3.63, 3.8) is 0 Å². The van der Waals surface area contributed by atoms with Crippen LogP contribution in [0.3, 0.4) is 0 Å². The van der Waals surface area contributed by atoms with Gasteiger partial charge in [-0.25, -0.2) is 0 Å². The largest absolute Gasteiger partial charge is 0.378 e. The molecule has 1 aromatic heterocycles. The van der Waals surface area contributed by atoms with Crippen LogP contribution in [0.25, 0.3) is 0 Å². The van der Waals surface area contributed by atoms with Crippen LogP contribution in [0, 0.1) is 6.92 Å². The molecule has 0 bridgehead atoms. The third-order valence-corrected chi connectivity index (χ3v) is 3.32. The van der Waals surface area contributed by atoms with E-state index in [1.165, 1.54) is 23.1 Å². The van der Waals surface area contributed by atoms with Crippen LogP contribution >= 0.6 is 23.2 Å². The van der Waals surface area contributed by atoms with Gasteiger partial charge in [0.2, 0.25) is 0 Å². The summed E-state index contributed by atoms with van der Waals surface area (Å²) < 4.78 is 4.94. The molecule has 1 atom stereocenters. The first-order valence-corrected chi connectivity index (χ1v) is 6.93. The van der Waals surface area contributed by atoms with Gasteiger partial charge in [0.15, 0.2) is 6.10 Å². The van der Waals surface area contributed by atoms with Crippen molar-refractivity contribution >= 4 is 29.1 Å². The van der Waals surface area contributed by atoms with Crippen molar-refractivity contribution in [1.82, 2.24) is 10.1 Å². The fourth-order valence-corrected chi connectivity index (χ4v) is 2.44. The summed E-state index contributed by atoms with van der Waals surface area (Å²) >= 11 is 11.7. The van der Waals surface area contributed by atoms with Crippen molar-refractivity contribution in [3.8, 4) is 0 Å². The second-order valence-electron chi connectivity index (χ2n) is 4.73. The Kier molecular flexibility index (Phi) is 4.88. The zero-order valence-electron chi connectivity index (χ0n) is 11.5. The maximum absolute atomic E-state index is 12.2. The van der Waals surface area contributed by atoms with Crippen LogP contribution < -0.4 is 0 Å². The van der Waals surface area contributed by atoms with Crippen LogP contribution in [0.2, 0.25) is 10.0 Å². The van der Waals surface area contributed by atoms with Crippen LogP contribution in [0.4, 0.5) is 0 Å². The Balaban J connectivity index is 2.10. The molecule has 0 saturated carbocycles. The summed E-state index contributed by atoms with van der Waals surface area (Å²) in [5, 5.41) is 14.7. The van der Waals surface area contributed by atoms with E-state index in [9.17, 15) is 9.90 Å². The number of aryl methyl sites for hydroxylation is 1. The number of amides is 1. The maximum Gasteiger partial charge on any atom is 0.256 e. The summed E-state index contributed by atoms with van der Waals surface area (Å²) in [4.78, 5) is 13.6. The SMILES string of the molecule is Cc1cc(CN(C)C(=O)C(O)c2cc(Cl)cc(Cl)c2)no1. The number of carbonyl (C=O) groups excluding carboxylic acids is 1. The second kappa shape index (κ2) is 6.47. The lowest BCUT2D eigenvalue weighted by Gasteiger charge is -2.20. The molecule has 21 heavy (non-hydrogen) atoms. The number of hydrogen-bond acceptors (Lipinski definition) is 4. The zero-order valence-corrected chi connectivity index (χ0v) is 13.0. The minimum Gasteiger partial charge on any atom is -0.378 e. The summed E-state index contributed by atoms with van der Waals surface area (Å²) in [6.07, 6.45) is -1.33. The standard InChI is InChI=1S/C14H14Cl2N2O3/c1-8-3-12(17-21-8)7-18(2)14(20)13(19)9-4-10(15)6-11(16)5-9/h3-6,13,19H,7H2,1-2H3. The molecule has 1 aromatic carbocycles. The van der Waals surface area contributed by atoms with E-state index in [4.69, 9.17) is 27.7 Å². The van der Waals surface area contributed by atoms with Gasteiger partial charge < -0.3 is 14.5 Å². The lowest BCUT2D eigenvalue weighted by Crippen LogP contribution is -2.31. The molecule has 2 aromatic rings. The van der Waals surface area contributed by atoms with E-state index < -0.39 is 12.0 Å². The molecule has 0 aliphatic rings. The van der Waals surface area contributed by atoms with Crippen LogP contribution in [0.15, 0.2) is 28.8 Å². The van der Waals surface area contributed by atoms with Crippen molar-refractivity contribution in [2.75, 3.05) is 7.05 Å². The maximum atomic E-state index is 12.2. The summed E-state index contributed by atoms with van der Waals surface area (Å²) in [5.41, 5.74) is 0.959. The van der Waals surface area contributed by atoms with E-state index in [0.29, 0.717) is 27.1 Å². The Morgan fingerprint density at radius 3 is 2.48 bits per heavy atom. The predicted molar refractivity (Wildman–Crippen MR) is 79.1 cm³/mol. The fourth-order valence-electron chi connectivity index (χ4n) is 1.90. The average Bonchev–Trinajstić information content (AvgIpc) is 2.81. The number of rotatable bonds is 4. The van der Waals surface area contributed by atoms with Gasteiger partial charge in [0.1, 0.15) is 11.5 Å². The van der Waals surface area contributed by atoms with E-state index in [2.05, 4.69) is 5.16 Å².